The van der Waals surface area contributed by atoms with Crippen LogP contribution in [0.25, 0.3) is 0 Å². The second-order valence-electron chi connectivity index (χ2n) is 5.78. The largest absolute Gasteiger partial charge is 0.497 e. The number of benzene rings is 1. The average molecular weight is 376 g/mol. The molecule has 1 aromatic carbocycles. The Balaban J connectivity index is 1.95. The van der Waals surface area contributed by atoms with E-state index in [9.17, 15) is 19.7 Å². The fourth-order valence-electron chi connectivity index (χ4n) is 2.43. The first-order valence-corrected chi connectivity index (χ1v) is 8.05. The predicted molar refractivity (Wildman–Crippen MR) is 95.5 cm³/mol. The van der Waals surface area contributed by atoms with Gasteiger partial charge in [-0.15, -0.1) is 0 Å². The fourth-order valence-corrected chi connectivity index (χ4v) is 2.43. The third-order valence-electron chi connectivity index (χ3n) is 3.84. The highest BCUT2D eigenvalue weighted by Crippen LogP contribution is 2.21. The van der Waals surface area contributed by atoms with Crippen molar-refractivity contribution in [2.45, 2.75) is 33.4 Å². The van der Waals surface area contributed by atoms with Crippen molar-refractivity contribution in [1.29, 1.82) is 0 Å². The van der Waals surface area contributed by atoms with E-state index in [1.165, 1.54) is 32.6 Å². The maximum absolute atomic E-state index is 12.1. The third kappa shape index (κ3) is 4.81. The Morgan fingerprint density at radius 3 is 2.44 bits per heavy atom. The number of nitrogens with zero attached hydrogens (tertiary/aromatic N) is 3. The molecule has 0 aliphatic rings. The molecular weight excluding hydrogens is 356 g/mol. The van der Waals surface area contributed by atoms with Gasteiger partial charge in [0, 0.05) is 5.69 Å². The highest BCUT2D eigenvalue weighted by Gasteiger charge is 2.24. The molecule has 27 heavy (non-hydrogen) atoms. The number of carbonyl (C=O) groups is 2. The highest BCUT2D eigenvalue weighted by molar-refractivity contribution is 5.95. The highest BCUT2D eigenvalue weighted by atomic mass is 16.6. The van der Waals surface area contributed by atoms with Crippen LogP contribution in [0, 0.1) is 24.0 Å². The van der Waals surface area contributed by atoms with Crippen LogP contribution in [0.3, 0.4) is 0 Å². The lowest BCUT2D eigenvalue weighted by molar-refractivity contribution is -0.386. The summed E-state index contributed by atoms with van der Waals surface area (Å²) in [6, 6.07) is 6.67. The van der Waals surface area contributed by atoms with Crippen molar-refractivity contribution in [1.82, 2.24) is 9.78 Å². The molecule has 0 unspecified atom stereocenters. The summed E-state index contributed by atoms with van der Waals surface area (Å²) in [7, 11) is 1.53. The van der Waals surface area contributed by atoms with Crippen molar-refractivity contribution in [3.63, 3.8) is 0 Å². The number of ether oxygens (including phenoxy) is 2. The van der Waals surface area contributed by atoms with Gasteiger partial charge in [0.15, 0.2) is 6.10 Å². The minimum Gasteiger partial charge on any atom is -0.497 e. The Morgan fingerprint density at radius 1 is 1.30 bits per heavy atom. The lowest BCUT2D eigenvalue weighted by Gasteiger charge is -2.14. The molecule has 0 spiro atoms. The molecule has 144 valence electrons. The van der Waals surface area contributed by atoms with E-state index < -0.39 is 22.9 Å². The molecule has 2 aromatic rings. The lowest BCUT2D eigenvalue weighted by Crippen LogP contribution is -2.31. The van der Waals surface area contributed by atoms with Gasteiger partial charge in [-0.05, 0) is 45.0 Å². The molecule has 0 aliphatic heterocycles. The normalized spacial score (nSPS) is 11.6. The average Bonchev–Trinajstić information content (AvgIpc) is 2.88. The number of hydrogen-bond acceptors (Lipinski definition) is 7. The SMILES string of the molecule is COc1ccc(NC(=O)[C@H](C)OC(=O)Cn2nc(C)c([N+](=O)[O-])c2C)cc1. The molecule has 10 nitrogen and oxygen atoms in total. The standard InChI is InChI=1S/C17H20N4O6/c1-10-16(21(24)25)11(2)20(19-10)9-15(22)27-12(3)17(23)18-13-5-7-14(26-4)8-6-13/h5-8,12H,9H2,1-4H3,(H,18,23)/t12-/m0/s1. The van der Waals surface area contributed by atoms with E-state index in [-0.39, 0.29) is 23.6 Å². The number of nitrogens with one attached hydrogen (secondary N) is 1. The number of esters is 1. The van der Waals surface area contributed by atoms with Gasteiger partial charge in [0.25, 0.3) is 5.91 Å². The van der Waals surface area contributed by atoms with Gasteiger partial charge in [0.05, 0.1) is 12.0 Å². The number of carbonyl (C=O) groups excluding carboxylic acids is 2. The minimum atomic E-state index is -1.05. The van der Waals surface area contributed by atoms with E-state index in [4.69, 9.17) is 9.47 Å². The van der Waals surface area contributed by atoms with Crippen LogP contribution < -0.4 is 10.1 Å². The molecule has 1 amide bonds. The van der Waals surface area contributed by atoms with E-state index in [0.29, 0.717) is 11.4 Å². The molecule has 1 aromatic heterocycles. The molecule has 0 aliphatic carbocycles. The zero-order chi connectivity index (χ0) is 20.1. The van der Waals surface area contributed by atoms with Crippen LogP contribution >= 0.6 is 0 Å². The molecule has 0 radical (unpaired) electrons. The first kappa shape index (κ1) is 19.9. The second kappa shape index (κ2) is 8.30. The quantitative estimate of drug-likeness (QED) is 0.445. The lowest BCUT2D eigenvalue weighted by atomic mass is 10.3. The van der Waals surface area contributed by atoms with Gasteiger partial charge >= 0.3 is 11.7 Å². The number of aromatic nitrogens is 2. The Morgan fingerprint density at radius 2 is 1.93 bits per heavy atom. The molecule has 0 bridgehead atoms. The summed E-state index contributed by atoms with van der Waals surface area (Å²) in [6.45, 7) is 4.07. The van der Waals surface area contributed by atoms with Crippen molar-refractivity contribution in [2.75, 3.05) is 12.4 Å². The van der Waals surface area contributed by atoms with Gasteiger partial charge in [0.1, 0.15) is 23.7 Å². The number of methoxy groups -OCH3 is 1. The molecule has 1 heterocycles. The van der Waals surface area contributed by atoms with E-state index in [1.807, 2.05) is 0 Å². The van der Waals surface area contributed by atoms with Crippen LogP contribution in [-0.4, -0.2) is 39.8 Å². The molecule has 0 saturated heterocycles. The maximum Gasteiger partial charge on any atom is 0.328 e. The first-order chi connectivity index (χ1) is 12.7. The summed E-state index contributed by atoms with van der Waals surface area (Å²) >= 11 is 0. The summed E-state index contributed by atoms with van der Waals surface area (Å²) in [5, 5.41) is 17.6. The summed E-state index contributed by atoms with van der Waals surface area (Å²) in [6.07, 6.45) is -1.05. The van der Waals surface area contributed by atoms with E-state index in [0.717, 1.165) is 0 Å². The molecule has 10 heteroatoms. The molecule has 1 N–H and O–H groups in total. The van der Waals surface area contributed by atoms with Gasteiger partial charge in [-0.1, -0.05) is 0 Å². The summed E-state index contributed by atoms with van der Waals surface area (Å²) < 4.78 is 11.3. The number of hydrogen-bond donors (Lipinski definition) is 1. The Labute approximate surface area is 155 Å². The number of amides is 1. The van der Waals surface area contributed by atoms with Crippen LogP contribution in [0.5, 0.6) is 5.75 Å². The number of rotatable bonds is 7. The number of aryl methyl sites for hydroxylation is 1. The van der Waals surface area contributed by atoms with Crippen LogP contribution in [0.2, 0.25) is 0 Å². The number of nitro groups is 1. The Bertz CT molecular complexity index is 859. The number of anilines is 1. The second-order valence-corrected chi connectivity index (χ2v) is 5.78. The van der Waals surface area contributed by atoms with Gasteiger partial charge < -0.3 is 14.8 Å². The molecule has 2 rings (SSSR count). The Hall–Kier alpha value is -3.43. The molecule has 0 saturated carbocycles. The molecule has 0 fully saturated rings. The summed E-state index contributed by atoms with van der Waals surface area (Å²) in [4.78, 5) is 34.6. The monoisotopic (exact) mass is 376 g/mol. The van der Waals surface area contributed by atoms with Gasteiger partial charge in [-0.3, -0.25) is 24.4 Å². The van der Waals surface area contributed by atoms with Crippen LogP contribution in [0.1, 0.15) is 18.3 Å². The smallest absolute Gasteiger partial charge is 0.328 e. The fraction of sp³-hybridized carbons (Fsp3) is 0.353. The Kier molecular flexibility index (Phi) is 6.11. The van der Waals surface area contributed by atoms with Crippen molar-refractivity contribution < 1.29 is 24.0 Å². The molecular formula is C17H20N4O6. The minimum absolute atomic E-state index is 0.145. The first-order valence-electron chi connectivity index (χ1n) is 8.05. The van der Waals surface area contributed by atoms with E-state index in [1.54, 1.807) is 24.3 Å². The van der Waals surface area contributed by atoms with Crippen molar-refractivity contribution in [3.05, 3.63) is 45.8 Å². The van der Waals surface area contributed by atoms with Gasteiger partial charge in [-0.2, -0.15) is 5.10 Å². The topological polar surface area (TPSA) is 126 Å². The van der Waals surface area contributed by atoms with Gasteiger partial charge in [-0.25, -0.2) is 0 Å². The van der Waals surface area contributed by atoms with E-state index >= 15 is 0 Å². The van der Waals surface area contributed by atoms with Crippen LogP contribution in [0.15, 0.2) is 24.3 Å². The molecule has 1 atom stereocenters. The van der Waals surface area contributed by atoms with E-state index in [2.05, 4.69) is 10.4 Å². The zero-order valence-electron chi connectivity index (χ0n) is 15.4. The third-order valence-corrected chi connectivity index (χ3v) is 3.84. The summed E-state index contributed by atoms with van der Waals surface area (Å²) in [5.74, 6) is -0.591. The predicted octanol–water partition coefficient (Wildman–Crippen LogP) is 1.99. The van der Waals surface area contributed by atoms with Crippen molar-refractivity contribution in [3.8, 4) is 5.75 Å². The van der Waals surface area contributed by atoms with Crippen molar-refractivity contribution >= 4 is 23.3 Å². The zero-order valence-corrected chi connectivity index (χ0v) is 15.4. The maximum atomic E-state index is 12.1. The van der Waals surface area contributed by atoms with Crippen molar-refractivity contribution in [2.24, 2.45) is 0 Å². The van der Waals surface area contributed by atoms with Crippen LogP contribution in [0.4, 0.5) is 11.4 Å². The van der Waals surface area contributed by atoms with Gasteiger partial charge in [0.2, 0.25) is 0 Å². The van der Waals surface area contributed by atoms with Crippen LogP contribution in [-0.2, 0) is 20.9 Å². The summed E-state index contributed by atoms with van der Waals surface area (Å²) in [5.41, 5.74) is 0.825.